The van der Waals surface area contributed by atoms with Crippen LogP contribution in [0.15, 0.2) is 18.2 Å². The molecule has 1 aliphatic heterocycles. The number of ether oxygens (including phenoxy) is 1. The van der Waals surface area contributed by atoms with E-state index in [-0.39, 0.29) is 18.1 Å². The Labute approximate surface area is 118 Å². The first-order chi connectivity index (χ1) is 9.65. The number of hydrogen-bond donors (Lipinski definition) is 2. The van der Waals surface area contributed by atoms with E-state index >= 15 is 0 Å². The number of hydrogen-bond acceptors (Lipinski definition) is 4. The molecule has 2 fully saturated rings. The molecule has 5 heteroatoms. The standard InChI is InChI=1S/C15H21N3O2/c16-11-7-10(8-12(17)9-11)15(19)18-5-6-20-14-4-2-1-3-13(14)18/h7-9,13-14H,1-6,16-17H2. The van der Waals surface area contributed by atoms with Crippen LogP contribution in [0.2, 0.25) is 0 Å². The molecule has 1 saturated carbocycles. The molecule has 5 nitrogen and oxygen atoms in total. The first-order valence-electron chi connectivity index (χ1n) is 7.24. The van der Waals surface area contributed by atoms with E-state index < -0.39 is 0 Å². The molecule has 0 spiro atoms. The van der Waals surface area contributed by atoms with Crippen LogP contribution in [0, 0.1) is 0 Å². The van der Waals surface area contributed by atoms with Crippen molar-refractivity contribution < 1.29 is 9.53 Å². The molecular weight excluding hydrogens is 254 g/mol. The van der Waals surface area contributed by atoms with Gasteiger partial charge in [0, 0.05) is 23.5 Å². The van der Waals surface area contributed by atoms with Crippen molar-refractivity contribution in [3.63, 3.8) is 0 Å². The smallest absolute Gasteiger partial charge is 0.254 e. The molecule has 1 amide bonds. The van der Waals surface area contributed by atoms with Crippen LogP contribution in [0.4, 0.5) is 11.4 Å². The molecule has 108 valence electrons. The van der Waals surface area contributed by atoms with Gasteiger partial charge in [-0.1, -0.05) is 12.8 Å². The third-order valence-corrected chi connectivity index (χ3v) is 4.22. The van der Waals surface area contributed by atoms with E-state index in [0.29, 0.717) is 30.1 Å². The van der Waals surface area contributed by atoms with Crippen LogP contribution in [-0.4, -0.2) is 36.1 Å². The number of amides is 1. The Morgan fingerprint density at radius 2 is 1.85 bits per heavy atom. The second-order valence-electron chi connectivity index (χ2n) is 5.65. The number of benzene rings is 1. The Hall–Kier alpha value is -1.75. The Bertz CT molecular complexity index is 496. The van der Waals surface area contributed by atoms with E-state index in [1.165, 1.54) is 6.42 Å². The average Bonchev–Trinajstić information content (AvgIpc) is 2.45. The first kappa shape index (κ1) is 13.2. The highest BCUT2D eigenvalue weighted by atomic mass is 16.5. The van der Waals surface area contributed by atoms with E-state index in [0.717, 1.165) is 19.3 Å². The van der Waals surface area contributed by atoms with E-state index in [9.17, 15) is 4.79 Å². The van der Waals surface area contributed by atoms with Gasteiger partial charge in [0.2, 0.25) is 0 Å². The molecule has 4 N–H and O–H groups in total. The fourth-order valence-corrected chi connectivity index (χ4v) is 3.31. The van der Waals surface area contributed by atoms with Crippen LogP contribution >= 0.6 is 0 Å². The maximum absolute atomic E-state index is 12.7. The minimum absolute atomic E-state index is 0.0178. The SMILES string of the molecule is Nc1cc(N)cc(C(=O)N2CCOC3CCCCC32)c1. The minimum Gasteiger partial charge on any atom is -0.399 e. The van der Waals surface area contributed by atoms with Crippen molar-refractivity contribution >= 4 is 17.3 Å². The minimum atomic E-state index is 0.0178. The monoisotopic (exact) mass is 275 g/mol. The summed E-state index contributed by atoms with van der Waals surface area (Å²) in [5, 5.41) is 0. The zero-order chi connectivity index (χ0) is 14.1. The fourth-order valence-electron chi connectivity index (χ4n) is 3.31. The van der Waals surface area contributed by atoms with Gasteiger partial charge in [-0.2, -0.15) is 0 Å². The van der Waals surface area contributed by atoms with E-state index in [2.05, 4.69) is 0 Å². The molecule has 2 atom stereocenters. The molecule has 1 saturated heterocycles. The molecule has 2 aliphatic rings. The molecule has 0 aromatic heterocycles. The van der Waals surface area contributed by atoms with Gasteiger partial charge in [0.15, 0.2) is 0 Å². The number of nitrogen functional groups attached to an aromatic ring is 2. The van der Waals surface area contributed by atoms with Gasteiger partial charge in [0.1, 0.15) is 0 Å². The molecule has 1 heterocycles. The van der Waals surface area contributed by atoms with Crippen molar-refractivity contribution in [2.24, 2.45) is 0 Å². The quantitative estimate of drug-likeness (QED) is 0.763. The second kappa shape index (κ2) is 5.32. The summed E-state index contributed by atoms with van der Waals surface area (Å²) >= 11 is 0. The van der Waals surface area contributed by atoms with Crippen molar-refractivity contribution in [3.05, 3.63) is 23.8 Å². The number of carbonyl (C=O) groups excluding carboxylic acids is 1. The van der Waals surface area contributed by atoms with Gasteiger partial charge in [-0.25, -0.2) is 0 Å². The Balaban J connectivity index is 1.84. The van der Waals surface area contributed by atoms with Gasteiger partial charge in [-0.05, 0) is 31.0 Å². The predicted octanol–water partition coefficient (Wildman–Crippen LogP) is 1.63. The van der Waals surface area contributed by atoms with Crippen molar-refractivity contribution in [1.82, 2.24) is 4.90 Å². The molecule has 0 bridgehead atoms. The number of morpholine rings is 1. The number of carbonyl (C=O) groups is 1. The predicted molar refractivity (Wildman–Crippen MR) is 78.3 cm³/mol. The molecule has 1 aromatic carbocycles. The summed E-state index contributed by atoms with van der Waals surface area (Å²) in [7, 11) is 0. The van der Waals surface area contributed by atoms with E-state index in [1.807, 2.05) is 4.90 Å². The summed E-state index contributed by atoms with van der Waals surface area (Å²) < 4.78 is 5.80. The fraction of sp³-hybridized carbons (Fsp3) is 0.533. The molecule has 20 heavy (non-hydrogen) atoms. The second-order valence-corrected chi connectivity index (χ2v) is 5.65. The lowest BCUT2D eigenvalue weighted by Crippen LogP contribution is -2.54. The van der Waals surface area contributed by atoms with Crippen LogP contribution in [-0.2, 0) is 4.74 Å². The normalized spacial score (nSPS) is 26.1. The number of rotatable bonds is 1. The Morgan fingerprint density at radius 1 is 1.15 bits per heavy atom. The summed E-state index contributed by atoms with van der Waals surface area (Å²) in [5.74, 6) is 0.0178. The third-order valence-electron chi connectivity index (χ3n) is 4.22. The number of anilines is 2. The molecule has 1 aromatic rings. The van der Waals surface area contributed by atoms with Crippen LogP contribution in [0.1, 0.15) is 36.0 Å². The lowest BCUT2D eigenvalue weighted by molar-refractivity contribution is -0.0752. The van der Waals surface area contributed by atoms with Crippen molar-refractivity contribution in [2.75, 3.05) is 24.6 Å². The Kier molecular flexibility index (Phi) is 3.53. The van der Waals surface area contributed by atoms with Crippen molar-refractivity contribution in [1.29, 1.82) is 0 Å². The van der Waals surface area contributed by atoms with Gasteiger partial charge >= 0.3 is 0 Å². The summed E-state index contributed by atoms with van der Waals surface area (Å²) in [6.45, 7) is 1.26. The van der Waals surface area contributed by atoms with Crippen LogP contribution < -0.4 is 11.5 Å². The van der Waals surface area contributed by atoms with Crippen molar-refractivity contribution in [3.8, 4) is 0 Å². The highest BCUT2D eigenvalue weighted by Crippen LogP contribution is 2.30. The number of nitrogens with two attached hydrogens (primary N) is 2. The summed E-state index contributed by atoms with van der Waals surface area (Å²) in [5.41, 5.74) is 13.2. The lowest BCUT2D eigenvalue weighted by Gasteiger charge is -2.43. The maximum atomic E-state index is 12.7. The zero-order valence-electron chi connectivity index (χ0n) is 11.5. The largest absolute Gasteiger partial charge is 0.399 e. The third kappa shape index (κ3) is 2.45. The number of fused-ring (bicyclic) bond motifs is 1. The van der Waals surface area contributed by atoms with Crippen molar-refractivity contribution in [2.45, 2.75) is 37.8 Å². The van der Waals surface area contributed by atoms with Gasteiger partial charge in [0.05, 0.1) is 18.8 Å². The van der Waals surface area contributed by atoms with Crippen LogP contribution in [0.25, 0.3) is 0 Å². The average molecular weight is 275 g/mol. The summed E-state index contributed by atoms with van der Waals surface area (Å²) in [6, 6.07) is 5.27. The maximum Gasteiger partial charge on any atom is 0.254 e. The molecule has 2 unspecified atom stereocenters. The van der Waals surface area contributed by atoms with E-state index in [4.69, 9.17) is 16.2 Å². The highest BCUT2D eigenvalue weighted by molar-refractivity contribution is 5.96. The molecular formula is C15H21N3O2. The van der Waals surface area contributed by atoms with Gasteiger partial charge in [-0.15, -0.1) is 0 Å². The van der Waals surface area contributed by atoms with Gasteiger partial charge in [-0.3, -0.25) is 4.79 Å². The zero-order valence-corrected chi connectivity index (χ0v) is 11.5. The highest BCUT2D eigenvalue weighted by Gasteiger charge is 2.36. The topological polar surface area (TPSA) is 81.6 Å². The molecule has 0 radical (unpaired) electrons. The van der Waals surface area contributed by atoms with Crippen LogP contribution in [0.5, 0.6) is 0 Å². The van der Waals surface area contributed by atoms with E-state index in [1.54, 1.807) is 18.2 Å². The van der Waals surface area contributed by atoms with Gasteiger partial charge in [0.25, 0.3) is 5.91 Å². The Morgan fingerprint density at radius 3 is 2.60 bits per heavy atom. The lowest BCUT2D eigenvalue weighted by atomic mass is 9.89. The molecule has 1 aliphatic carbocycles. The summed E-state index contributed by atoms with van der Waals surface area (Å²) in [6.07, 6.45) is 4.61. The summed E-state index contributed by atoms with van der Waals surface area (Å²) in [4.78, 5) is 14.7. The molecule has 3 rings (SSSR count). The number of nitrogens with zero attached hydrogens (tertiary/aromatic N) is 1. The van der Waals surface area contributed by atoms with Gasteiger partial charge < -0.3 is 21.1 Å². The van der Waals surface area contributed by atoms with Crippen LogP contribution in [0.3, 0.4) is 0 Å². The first-order valence-corrected chi connectivity index (χ1v) is 7.24.